The number of likely N-dealkylation sites (tertiary alicyclic amines) is 1. The summed E-state index contributed by atoms with van der Waals surface area (Å²) >= 11 is 0. The van der Waals surface area contributed by atoms with E-state index in [1.165, 1.54) is 24.8 Å². The number of nitrogens with one attached hydrogen (secondary N) is 1. The highest BCUT2D eigenvalue weighted by atomic mass is 16.2. The van der Waals surface area contributed by atoms with Crippen LogP contribution in [0.15, 0.2) is 24.3 Å². The molecule has 0 atom stereocenters. The maximum atomic E-state index is 12.5. The first-order chi connectivity index (χ1) is 12.3. The highest BCUT2D eigenvalue weighted by Crippen LogP contribution is 2.24. The van der Waals surface area contributed by atoms with Gasteiger partial charge < -0.3 is 10.2 Å². The van der Waals surface area contributed by atoms with Crippen molar-refractivity contribution < 1.29 is 9.59 Å². The van der Waals surface area contributed by atoms with Crippen molar-refractivity contribution in [3.63, 3.8) is 0 Å². The largest absolute Gasteiger partial charge is 0.342 e. The quantitative estimate of drug-likeness (QED) is 0.753. The van der Waals surface area contributed by atoms with Gasteiger partial charge >= 0.3 is 0 Å². The summed E-state index contributed by atoms with van der Waals surface area (Å²) in [7, 11) is 0. The zero-order valence-corrected chi connectivity index (χ0v) is 16.8. The molecule has 26 heavy (non-hydrogen) atoms. The van der Waals surface area contributed by atoms with Crippen molar-refractivity contribution in [2.75, 3.05) is 18.4 Å². The van der Waals surface area contributed by atoms with E-state index in [0.717, 1.165) is 24.9 Å². The van der Waals surface area contributed by atoms with Crippen LogP contribution in [-0.2, 0) is 16.0 Å². The molecule has 1 heterocycles. The number of piperidine rings is 1. The number of unbranched alkanes of at least 4 members (excludes halogenated alkanes) is 2. The highest BCUT2D eigenvalue weighted by Gasteiger charge is 2.32. The summed E-state index contributed by atoms with van der Waals surface area (Å²) in [4.78, 5) is 26.8. The van der Waals surface area contributed by atoms with Crippen molar-refractivity contribution in [3.05, 3.63) is 29.8 Å². The Hall–Kier alpha value is -1.84. The van der Waals surface area contributed by atoms with Crippen LogP contribution in [0.2, 0.25) is 0 Å². The van der Waals surface area contributed by atoms with Gasteiger partial charge in [-0.15, -0.1) is 0 Å². The molecule has 1 aliphatic rings. The van der Waals surface area contributed by atoms with Crippen LogP contribution in [0.25, 0.3) is 0 Å². The number of carbonyl (C=O) groups is 2. The molecule has 0 aliphatic carbocycles. The molecule has 1 fully saturated rings. The molecule has 144 valence electrons. The Bertz CT molecular complexity index is 594. The van der Waals surface area contributed by atoms with E-state index in [1.54, 1.807) is 0 Å². The number of benzene rings is 1. The Morgan fingerprint density at radius 1 is 1.08 bits per heavy atom. The fourth-order valence-corrected chi connectivity index (χ4v) is 3.40. The van der Waals surface area contributed by atoms with Gasteiger partial charge in [-0.3, -0.25) is 9.59 Å². The second-order valence-electron chi connectivity index (χ2n) is 8.46. The monoisotopic (exact) mass is 358 g/mol. The average Bonchev–Trinajstić information content (AvgIpc) is 2.62. The van der Waals surface area contributed by atoms with Crippen molar-refractivity contribution in [3.8, 4) is 0 Å². The van der Waals surface area contributed by atoms with E-state index >= 15 is 0 Å². The van der Waals surface area contributed by atoms with Crippen LogP contribution < -0.4 is 5.32 Å². The lowest BCUT2D eigenvalue weighted by Crippen LogP contribution is -2.45. The fraction of sp³-hybridized carbons (Fsp3) is 0.636. The van der Waals surface area contributed by atoms with E-state index in [2.05, 4.69) is 24.4 Å². The second kappa shape index (κ2) is 9.20. The average molecular weight is 359 g/mol. The van der Waals surface area contributed by atoms with Crippen molar-refractivity contribution in [2.24, 2.45) is 11.3 Å². The summed E-state index contributed by atoms with van der Waals surface area (Å²) in [5.74, 6) is 0.241. The molecule has 2 amide bonds. The van der Waals surface area contributed by atoms with Gasteiger partial charge in [-0.1, -0.05) is 52.7 Å². The van der Waals surface area contributed by atoms with Crippen LogP contribution in [0, 0.1) is 11.3 Å². The molecule has 0 spiro atoms. The zero-order valence-electron chi connectivity index (χ0n) is 16.8. The molecule has 0 aromatic heterocycles. The maximum absolute atomic E-state index is 12.5. The van der Waals surface area contributed by atoms with Crippen molar-refractivity contribution in [1.82, 2.24) is 4.90 Å². The van der Waals surface area contributed by atoms with Crippen molar-refractivity contribution >= 4 is 17.5 Å². The molecule has 0 radical (unpaired) electrons. The number of hydrogen-bond acceptors (Lipinski definition) is 2. The first-order valence-electron chi connectivity index (χ1n) is 10.0. The third-order valence-electron chi connectivity index (χ3n) is 5.09. The third kappa shape index (κ3) is 5.86. The van der Waals surface area contributed by atoms with Crippen LogP contribution in [0.4, 0.5) is 5.69 Å². The Balaban J connectivity index is 1.81. The van der Waals surface area contributed by atoms with Gasteiger partial charge in [0, 0.05) is 30.1 Å². The fourth-order valence-electron chi connectivity index (χ4n) is 3.40. The minimum Gasteiger partial charge on any atom is -0.342 e. The Morgan fingerprint density at radius 2 is 1.69 bits per heavy atom. The molecule has 1 aromatic carbocycles. The van der Waals surface area contributed by atoms with Gasteiger partial charge in [-0.25, -0.2) is 0 Å². The highest BCUT2D eigenvalue weighted by molar-refractivity contribution is 5.92. The number of amides is 2. The van der Waals surface area contributed by atoms with E-state index in [4.69, 9.17) is 0 Å². The number of carbonyl (C=O) groups excluding carboxylic acids is 2. The lowest BCUT2D eigenvalue weighted by atomic mass is 9.90. The van der Waals surface area contributed by atoms with Crippen molar-refractivity contribution in [2.45, 2.75) is 66.2 Å². The molecule has 4 heteroatoms. The summed E-state index contributed by atoms with van der Waals surface area (Å²) in [6.45, 7) is 9.39. The summed E-state index contributed by atoms with van der Waals surface area (Å²) in [6, 6.07) is 8.21. The standard InChI is InChI=1S/C22H34N2O2/c1-5-6-7-8-17-9-11-19(12-10-17)23-20(25)18-13-15-24(16-14-18)21(26)22(2,3)4/h9-12,18H,5-8,13-16H2,1-4H3,(H,23,25). The van der Waals surface area contributed by atoms with Gasteiger partial charge in [-0.05, 0) is 43.4 Å². The maximum Gasteiger partial charge on any atom is 0.227 e. The molecule has 2 rings (SSSR count). The molecule has 0 bridgehead atoms. The number of rotatable bonds is 6. The third-order valence-corrected chi connectivity index (χ3v) is 5.09. The number of hydrogen-bond donors (Lipinski definition) is 1. The minimum absolute atomic E-state index is 0.0109. The number of nitrogens with zero attached hydrogens (tertiary/aromatic N) is 1. The topological polar surface area (TPSA) is 49.4 Å². The minimum atomic E-state index is -0.353. The van der Waals surface area contributed by atoms with Crippen molar-refractivity contribution in [1.29, 1.82) is 0 Å². The lowest BCUT2D eigenvalue weighted by Gasteiger charge is -2.35. The predicted molar refractivity (Wildman–Crippen MR) is 107 cm³/mol. The molecule has 1 aromatic rings. The molecule has 1 saturated heterocycles. The molecule has 4 nitrogen and oxygen atoms in total. The Morgan fingerprint density at radius 3 is 2.23 bits per heavy atom. The van der Waals surface area contributed by atoms with Crippen LogP contribution in [0.5, 0.6) is 0 Å². The summed E-state index contributed by atoms with van der Waals surface area (Å²) in [6.07, 6.45) is 6.28. The first-order valence-corrected chi connectivity index (χ1v) is 10.0. The Labute approximate surface area is 158 Å². The van der Waals surface area contributed by atoms with Crippen LogP contribution in [0.1, 0.15) is 65.4 Å². The van der Waals surface area contributed by atoms with Crippen LogP contribution in [-0.4, -0.2) is 29.8 Å². The second-order valence-corrected chi connectivity index (χ2v) is 8.46. The van der Waals surface area contributed by atoms with E-state index in [-0.39, 0.29) is 23.1 Å². The van der Waals surface area contributed by atoms with E-state index in [0.29, 0.717) is 13.1 Å². The normalized spacial score (nSPS) is 15.8. The van der Waals surface area contributed by atoms with E-state index in [9.17, 15) is 9.59 Å². The number of aryl methyl sites for hydroxylation is 1. The SMILES string of the molecule is CCCCCc1ccc(NC(=O)C2CCN(C(=O)C(C)(C)C)CC2)cc1. The van der Waals surface area contributed by atoms with Gasteiger partial charge in [-0.2, -0.15) is 0 Å². The summed E-state index contributed by atoms with van der Waals surface area (Å²) in [5, 5.41) is 3.04. The smallest absolute Gasteiger partial charge is 0.227 e. The van der Waals surface area contributed by atoms with Gasteiger partial charge in [0.2, 0.25) is 11.8 Å². The molecule has 0 saturated carbocycles. The molecular weight excluding hydrogens is 324 g/mol. The van der Waals surface area contributed by atoms with Gasteiger partial charge in [0.25, 0.3) is 0 Å². The Kier molecular flexibility index (Phi) is 7.24. The molecular formula is C22H34N2O2. The molecule has 0 unspecified atom stereocenters. The first kappa shape index (κ1) is 20.5. The zero-order chi connectivity index (χ0) is 19.2. The molecule has 1 N–H and O–H groups in total. The summed E-state index contributed by atoms with van der Waals surface area (Å²) < 4.78 is 0. The van der Waals surface area contributed by atoms with E-state index < -0.39 is 0 Å². The van der Waals surface area contributed by atoms with E-state index in [1.807, 2.05) is 37.8 Å². The number of anilines is 1. The van der Waals surface area contributed by atoms with Crippen LogP contribution >= 0.6 is 0 Å². The van der Waals surface area contributed by atoms with Gasteiger partial charge in [0.15, 0.2) is 0 Å². The lowest BCUT2D eigenvalue weighted by molar-refractivity contribution is -0.142. The van der Waals surface area contributed by atoms with Gasteiger partial charge in [0.1, 0.15) is 0 Å². The summed E-state index contributed by atoms with van der Waals surface area (Å²) in [5.41, 5.74) is 1.83. The van der Waals surface area contributed by atoms with Crippen LogP contribution in [0.3, 0.4) is 0 Å². The predicted octanol–water partition coefficient (Wildman–Crippen LogP) is 4.64. The molecule has 1 aliphatic heterocycles. The van der Waals surface area contributed by atoms with Gasteiger partial charge in [0.05, 0.1) is 0 Å².